The molecule has 1 N–H and O–H groups in total. The van der Waals surface area contributed by atoms with Crippen LogP contribution in [0, 0.1) is 5.92 Å². The maximum atomic E-state index is 12.4. The van der Waals surface area contributed by atoms with Crippen LogP contribution in [0.15, 0.2) is 18.3 Å². The van der Waals surface area contributed by atoms with Crippen molar-refractivity contribution >= 4 is 0 Å². The van der Waals surface area contributed by atoms with Gasteiger partial charge in [-0.25, -0.2) is 0 Å². The highest BCUT2D eigenvalue weighted by Gasteiger charge is 2.34. The number of nitrogens with zero attached hydrogens (tertiary/aromatic N) is 1. The van der Waals surface area contributed by atoms with E-state index in [9.17, 15) is 13.2 Å². The van der Waals surface area contributed by atoms with E-state index in [0.29, 0.717) is 18.0 Å². The molecule has 2 aliphatic rings. The first-order chi connectivity index (χ1) is 9.00. The Bertz CT molecular complexity index is 429. The van der Waals surface area contributed by atoms with Crippen LogP contribution in [0.25, 0.3) is 0 Å². The number of halogens is 3. The number of pyridine rings is 1. The molecular formula is C14H17F3N2. The Morgan fingerprint density at radius 3 is 2.37 bits per heavy atom. The van der Waals surface area contributed by atoms with Gasteiger partial charge in [0, 0.05) is 24.0 Å². The first-order valence-corrected chi connectivity index (χ1v) is 6.79. The molecule has 0 aliphatic carbocycles. The van der Waals surface area contributed by atoms with Gasteiger partial charge in [0.15, 0.2) is 0 Å². The number of fused-ring (bicyclic) bond motifs is 2. The van der Waals surface area contributed by atoms with Crippen molar-refractivity contribution in [2.75, 3.05) is 0 Å². The fourth-order valence-corrected chi connectivity index (χ4v) is 3.35. The smallest absolute Gasteiger partial charge is 0.311 e. The molecule has 2 nitrogen and oxygen atoms in total. The molecule has 2 fully saturated rings. The van der Waals surface area contributed by atoms with Gasteiger partial charge in [-0.1, -0.05) is 0 Å². The second kappa shape index (κ2) is 4.78. The Labute approximate surface area is 110 Å². The van der Waals surface area contributed by atoms with Crippen LogP contribution in [0.4, 0.5) is 13.2 Å². The molecule has 2 bridgehead atoms. The summed E-state index contributed by atoms with van der Waals surface area (Å²) in [7, 11) is 0. The van der Waals surface area contributed by atoms with Gasteiger partial charge in [0.25, 0.3) is 0 Å². The molecule has 5 heteroatoms. The van der Waals surface area contributed by atoms with Crippen LogP contribution in [0.2, 0.25) is 0 Å². The molecule has 19 heavy (non-hydrogen) atoms. The second-order valence-electron chi connectivity index (χ2n) is 5.72. The minimum Gasteiger partial charge on any atom is -0.311 e. The predicted molar refractivity (Wildman–Crippen MR) is 65.6 cm³/mol. The number of nitrogens with one attached hydrogen (secondary N) is 1. The van der Waals surface area contributed by atoms with Crippen molar-refractivity contribution < 1.29 is 13.2 Å². The van der Waals surface area contributed by atoms with Crippen LogP contribution >= 0.6 is 0 Å². The molecule has 0 amide bonds. The van der Waals surface area contributed by atoms with Crippen molar-refractivity contribution in [1.82, 2.24) is 10.3 Å². The van der Waals surface area contributed by atoms with Gasteiger partial charge in [-0.05, 0) is 50.2 Å². The summed E-state index contributed by atoms with van der Waals surface area (Å²) in [6.07, 6.45) is 2.18. The van der Waals surface area contributed by atoms with Gasteiger partial charge < -0.3 is 5.32 Å². The number of rotatable bonds is 2. The monoisotopic (exact) mass is 270 g/mol. The van der Waals surface area contributed by atoms with Crippen LogP contribution in [0.1, 0.15) is 36.9 Å². The van der Waals surface area contributed by atoms with E-state index in [0.717, 1.165) is 37.2 Å². The quantitative estimate of drug-likeness (QED) is 0.892. The number of piperidine rings is 1. The zero-order valence-electron chi connectivity index (χ0n) is 10.6. The predicted octanol–water partition coefficient (Wildman–Crippen LogP) is 3.17. The van der Waals surface area contributed by atoms with Crippen molar-refractivity contribution in [1.29, 1.82) is 0 Å². The Kier molecular flexibility index (Phi) is 3.25. The molecule has 0 radical (unpaired) electrons. The van der Waals surface area contributed by atoms with Crippen molar-refractivity contribution in [2.45, 2.75) is 50.4 Å². The minimum atomic E-state index is -4.29. The van der Waals surface area contributed by atoms with Crippen molar-refractivity contribution in [3.63, 3.8) is 0 Å². The van der Waals surface area contributed by atoms with E-state index in [2.05, 4.69) is 10.3 Å². The lowest BCUT2D eigenvalue weighted by Crippen LogP contribution is -2.38. The van der Waals surface area contributed by atoms with Gasteiger partial charge in [-0.3, -0.25) is 4.98 Å². The maximum absolute atomic E-state index is 12.4. The molecule has 2 saturated heterocycles. The summed E-state index contributed by atoms with van der Waals surface area (Å²) in [6, 6.07) is 3.88. The molecule has 0 aromatic carbocycles. The Hall–Kier alpha value is -1.10. The van der Waals surface area contributed by atoms with Crippen molar-refractivity contribution in [3.8, 4) is 0 Å². The third kappa shape index (κ3) is 2.91. The van der Waals surface area contributed by atoms with Crippen molar-refractivity contribution in [3.05, 3.63) is 29.6 Å². The number of alkyl halides is 3. The number of hydrogen-bond acceptors (Lipinski definition) is 2. The lowest BCUT2D eigenvalue weighted by Gasteiger charge is -2.28. The summed E-state index contributed by atoms with van der Waals surface area (Å²) in [5.41, 5.74) is 0.112. The lowest BCUT2D eigenvalue weighted by atomic mass is 9.88. The van der Waals surface area contributed by atoms with Gasteiger partial charge in [-0.2, -0.15) is 13.2 Å². The van der Waals surface area contributed by atoms with Crippen LogP contribution < -0.4 is 5.32 Å². The highest BCUT2D eigenvalue weighted by Crippen LogP contribution is 2.33. The van der Waals surface area contributed by atoms with Crippen LogP contribution in [0.3, 0.4) is 0 Å². The molecule has 3 heterocycles. The average Bonchev–Trinajstić information content (AvgIpc) is 2.68. The average molecular weight is 270 g/mol. The maximum Gasteiger partial charge on any atom is 0.417 e. The van der Waals surface area contributed by atoms with Gasteiger partial charge in [0.1, 0.15) is 0 Å². The molecule has 0 saturated carbocycles. The Balaban J connectivity index is 1.64. The summed E-state index contributed by atoms with van der Waals surface area (Å²) in [4.78, 5) is 3.97. The zero-order chi connectivity index (χ0) is 13.5. The van der Waals surface area contributed by atoms with E-state index in [4.69, 9.17) is 0 Å². The molecule has 104 valence electrons. The molecule has 1 unspecified atom stereocenters. The van der Waals surface area contributed by atoms with Gasteiger partial charge in [0.05, 0.1) is 5.56 Å². The fraction of sp³-hybridized carbons (Fsp3) is 0.643. The fourth-order valence-electron chi connectivity index (χ4n) is 3.35. The highest BCUT2D eigenvalue weighted by molar-refractivity contribution is 5.17. The number of aromatic nitrogens is 1. The Morgan fingerprint density at radius 1 is 1.16 bits per heavy atom. The molecule has 3 rings (SSSR count). The number of hydrogen-bond donors (Lipinski definition) is 1. The van der Waals surface area contributed by atoms with E-state index >= 15 is 0 Å². The first-order valence-electron chi connectivity index (χ1n) is 6.79. The highest BCUT2D eigenvalue weighted by atomic mass is 19.4. The van der Waals surface area contributed by atoms with E-state index < -0.39 is 11.7 Å². The van der Waals surface area contributed by atoms with Crippen LogP contribution in [0.5, 0.6) is 0 Å². The normalized spacial score (nSPS) is 30.6. The topological polar surface area (TPSA) is 24.9 Å². The van der Waals surface area contributed by atoms with E-state index in [-0.39, 0.29) is 0 Å². The summed E-state index contributed by atoms with van der Waals surface area (Å²) in [5.74, 6) is 0.558. The van der Waals surface area contributed by atoms with E-state index in [1.807, 2.05) is 0 Å². The van der Waals surface area contributed by atoms with Gasteiger partial charge in [-0.15, -0.1) is 0 Å². The molecule has 1 aromatic rings. The Morgan fingerprint density at radius 2 is 1.84 bits per heavy atom. The standard InChI is InChI=1S/C14H17F3N2/c15-14(16,17)10-1-2-11(18-8-10)5-9-6-12-3-4-13(7-9)19-12/h1-2,8-9,12-13,19H,3-7H2/t9?,12-,13+. The third-order valence-electron chi connectivity index (χ3n) is 4.22. The summed E-state index contributed by atoms with van der Waals surface area (Å²) < 4.78 is 37.3. The lowest BCUT2D eigenvalue weighted by molar-refractivity contribution is -0.137. The third-order valence-corrected chi connectivity index (χ3v) is 4.22. The minimum absolute atomic E-state index is 0.558. The molecule has 3 atom stereocenters. The first kappa shape index (κ1) is 12.9. The zero-order valence-corrected chi connectivity index (χ0v) is 10.6. The van der Waals surface area contributed by atoms with Crippen molar-refractivity contribution in [2.24, 2.45) is 5.92 Å². The van der Waals surface area contributed by atoms with Gasteiger partial charge in [0.2, 0.25) is 0 Å². The SMILES string of the molecule is FC(F)(F)c1ccc(CC2C[C@H]3CC[C@@H](C2)N3)nc1. The summed E-state index contributed by atoms with van der Waals surface area (Å²) >= 11 is 0. The van der Waals surface area contributed by atoms with E-state index in [1.54, 1.807) is 0 Å². The molecule has 2 aliphatic heterocycles. The molecule has 1 aromatic heterocycles. The van der Waals surface area contributed by atoms with Gasteiger partial charge >= 0.3 is 6.18 Å². The second-order valence-corrected chi connectivity index (χ2v) is 5.72. The molecular weight excluding hydrogens is 253 g/mol. The van der Waals surface area contributed by atoms with Crippen LogP contribution in [-0.4, -0.2) is 17.1 Å². The molecule has 0 spiro atoms. The van der Waals surface area contributed by atoms with E-state index in [1.165, 1.54) is 18.9 Å². The summed E-state index contributed by atoms with van der Waals surface area (Å²) in [6.45, 7) is 0. The van der Waals surface area contributed by atoms with Crippen LogP contribution in [-0.2, 0) is 12.6 Å². The summed E-state index contributed by atoms with van der Waals surface area (Å²) in [5, 5.41) is 3.57. The largest absolute Gasteiger partial charge is 0.417 e.